The standard InChI is InChI=1S/C19H21NO2/c1-14(21)22-17-9-7-16(8-10-17)18-11-12-20-13-19(18)15-5-3-2-4-6-15/h2-10,18-20H,11-13H2,1H3/t18-,19-/m1/s1. The molecule has 0 spiro atoms. The molecule has 1 N–H and O–H groups in total. The van der Waals surface area contributed by atoms with E-state index in [4.69, 9.17) is 4.74 Å². The van der Waals surface area contributed by atoms with Gasteiger partial charge in [0, 0.05) is 19.4 Å². The van der Waals surface area contributed by atoms with Crippen LogP contribution in [0.4, 0.5) is 0 Å². The Morgan fingerprint density at radius 3 is 2.36 bits per heavy atom. The Balaban J connectivity index is 1.83. The number of esters is 1. The highest BCUT2D eigenvalue weighted by molar-refractivity contribution is 5.69. The predicted octanol–water partition coefficient (Wildman–Crippen LogP) is 3.47. The molecule has 3 nitrogen and oxygen atoms in total. The molecule has 0 unspecified atom stereocenters. The van der Waals surface area contributed by atoms with Crippen LogP contribution in [0.25, 0.3) is 0 Å². The van der Waals surface area contributed by atoms with E-state index in [1.54, 1.807) is 0 Å². The summed E-state index contributed by atoms with van der Waals surface area (Å²) in [5.74, 6) is 1.31. The molecule has 114 valence electrons. The summed E-state index contributed by atoms with van der Waals surface area (Å²) >= 11 is 0. The van der Waals surface area contributed by atoms with Crippen molar-refractivity contribution < 1.29 is 9.53 Å². The molecule has 0 radical (unpaired) electrons. The van der Waals surface area contributed by atoms with Crippen molar-refractivity contribution in [2.45, 2.75) is 25.2 Å². The van der Waals surface area contributed by atoms with Crippen LogP contribution in [-0.2, 0) is 4.79 Å². The number of piperidine rings is 1. The van der Waals surface area contributed by atoms with Gasteiger partial charge in [-0.3, -0.25) is 4.79 Å². The van der Waals surface area contributed by atoms with Gasteiger partial charge in [-0.1, -0.05) is 42.5 Å². The van der Waals surface area contributed by atoms with Crippen LogP contribution in [-0.4, -0.2) is 19.1 Å². The zero-order chi connectivity index (χ0) is 15.4. The van der Waals surface area contributed by atoms with E-state index in [1.165, 1.54) is 18.1 Å². The first-order valence-corrected chi connectivity index (χ1v) is 7.78. The number of carbonyl (C=O) groups excluding carboxylic acids is 1. The molecule has 2 atom stereocenters. The quantitative estimate of drug-likeness (QED) is 0.696. The lowest BCUT2D eigenvalue weighted by molar-refractivity contribution is -0.131. The van der Waals surface area contributed by atoms with Crippen molar-refractivity contribution >= 4 is 5.97 Å². The number of hydrogen-bond donors (Lipinski definition) is 1. The summed E-state index contributed by atoms with van der Waals surface area (Å²) in [6.45, 7) is 3.46. The maximum Gasteiger partial charge on any atom is 0.308 e. The number of ether oxygens (including phenoxy) is 1. The minimum atomic E-state index is -0.281. The fraction of sp³-hybridized carbons (Fsp3) is 0.316. The Labute approximate surface area is 131 Å². The molecule has 1 heterocycles. The van der Waals surface area contributed by atoms with E-state index in [-0.39, 0.29) is 5.97 Å². The van der Waals surface area contributed by atoms with Crippen molar-refractivity contribution in [1.29, 1.82) is 0 Å². The minimum absolute atomic E-state index is 0.281. The molecule has 1 saturated heterocycles. The van der Waals surface area contributed by atoms with Crippen LogP contribution in [0.5, 0.6) is 5.75 Å². The van der Waals surface area contributed by atoms with Gasteiger partial charge in [0.25, 0.3) is 0 Å². The molecule has 0 saturated carbocycles. The van der Waals surface area contributed by atoms with E-state index in [0.717, 1.165) is 19.5 Å². The van der Waals surface area contributed by atoms with Gasteiger partial charge in [-0.2, -0.15) is 0 Å². The zero-order valence-corrected chi connectivity index (χ0v) is 12.8. The lowest BCUT2D eigenvalue weighted by atomic mass is 9.77. The number of nitrogens with one attached hydrogen (secondary N) is 1. The van der Waals surface area contributed by atoms with Crippen molar-refractivity contribution in [3.63, 3.8) is 0 Å². The number of carbonyl (C=O) groups is 1. The lowest BCUT2D eigenvalue weighted by Crippen LogP contribution is -2.34. The van der Waals surface area contributed by atoms with Crippen molar-refractivity contribution in [3.05, 3.63) is 65.7 Å². The first kappa shape index (κ1) is 14.8. The van der Waals surface area contributed by atoms with Crippen LogP contribution < -0.4 is 10.1 Å². The summed E-state index contributed by atoms with van der Waals surface area (Å²) in [4.78, 5) is 11.0. The highest BCUT2D eigenvalue weighted by Gasteiger charge is 2.27. The van der Waals surface area contributed by atoms with Gasteiger partial charge in [-0.05, 0) is 42.1 Å². The molecular weight excluding hydrogens is 274 g/mol. The molecule has 2 aromatic rings. The predicted molar refractivity (Wildman–Crippen MR) is 87.2 cm³/mol. The summed E-state index contributed by atoms with van der Waals surface area (Å²) in [6, 6.07) is 18.6. The van der Waals surface area contributed by atoms with E-state index in [9.17, 15) is 4.79 Å². The van der Waals surface area contributed by atoms with Crippen molar-refractivity contribution in [1.82, 2.24) is 5.32 Å². The van der Waals surface area contributed by atoms with Crippen LogP contribution in [0.1, 0.15) is 36.3 Å². The van der Waals surface area contributed by atoms with Crippen LogP contribution in [0.15, 0.2) is 54.6 Å². The minimum Gasteiger partial charge on any atom is -0.427 e. The van der Waals surface area contributed by atoms with Crippen LogP contribution in [0.2, 0.25) is 0 Å². The Morgan fingerprint density at radius 1 is 1.00 bits per heavy atom. The monoisotopic (exact) mass is 295 g/mol. The van der Waals surface area contributed by atoms with Crippen molar-refractivity contribution in [2.75, 3.05) is 13.1 Å². The average molecular weight is 295 g/mol. The summed E-state index contributed by atoms with van der Waals surface area (Å²) in [5, 5.41) is 3.50. The Bertz CT molecular complexity index is 622. The van der Waals surface area contributed by atoms with Gasteiger partial charge < -0.3 is 10.1 Å². The maximum absolute atomic E-state index is 11.0. The van der Waals surface area contributed by atoms with Crippen molar-refractivity contribution in [3.8, 4) is 5.75 Å². The smallest absolute Gasteiger partial charge is 0.308 e. The number of benzene rings is 2. The first-order chi connectivity index (χ1) is 10.7. The van der Waals surface area contributed by atoms with E-state index in [2.05, 4.69) is 47.8 Å². The van der Waals surface area contributed by atoms with Crippen molar-refractivity contribution in [2.24, 2.45) is 0 Å². The van der Waals surface area contributed by atoms with E-state index >= 15 is 0 Å². The summed E-state index contributed by atoms with van der Waals surface area (Å²) in [5.41, 5.74) is 2.69. The second-order valence-electron chi connectivity index (χ2n) is 5.78. The molecule has 0 bridgehead atoms. The second kappa shape index (κ2) is 6.75. The number of rotatable bonds is 3. The third-order valence-corrected chi connectivity index (χ3v) is 4.28. The molecule has 0 aromatic heterocycles. The molecule has 1 aliphatic heterocycles. The summed E-state index contributed by atoms with van der Waals surface area (Å²) in [7, 11) is 0. The van der Waals surface area contributed by atoms with Gasteiger partial charge >= 0.3 is 5.97 Å². The normalized spacial score (nSPS) is 21.3. The third kappa shape index (κ3) is 3.37. The Hall–Kier alpha value is -2.13. The largest absolute Gasteiger partial charge is 0.427 e. The van der Waals surface area contributed by atoms with E-state index in [0.29, 0.717) is 17.6 Å². The number of hydrogen-bond acceptors (Lipinski definition) is 3. The van der Waals surface area contributed by atoms with E-state index in [1.807, 2.05) is 12.1 Å². The molecule has 3 heteroatoms. The molecule has 22 heavy (non-hydrogen) atoms. The molecule has 3 rings (SSSR count). The molecule has 2 aromatic carbocycles. The maximum atomic E-state index is 11.0. The zero-order valence-electron chi connectivity index (χ0n) is 12.8. The fourth-order valence-corrected chi connectivity index (χ4v) is 3.26. The van der Waals surface area contributed by atoms with Gasteiger partial charge in [0.15, 0.2) is 0 Å². The van der Waals surface area contributed by atoms with Crippen LogP contribution in [0, 0.1) is 0 Å². The van der Waals surface area contributed by atoms with Gasteiger partial charge in [-0.15, -0.1) is 0 Å². The summed E-state index contributed by atoms with van der Waals surface area (Å²) < 4.78 is 5.12. The van der Waals surface area contributed by atoms with Crippen LogP contribution in [0.3, 0.4) is 0 Å². The lowest BCUT2D eigenvalue weighted by Gasteiger charge is -2.33. The fourth-order valence-electron chi connectivity index (χ4n) is 3.26. The third-order valence-electron chi connectivity index (χ3n) is 4.28. The van der Waals surface area contributed by atoms with Gasteiger partial charge in [0.2, 0.25) is 0 Å². The Kier molecular flexibility index (Phi) is 4.54. The molecule has 0 amide bonds. The van der Waals surface area contributed by atoms with Gasteiger partial charge in [-0.25, -0.2) is 0 Å². The summed E-state index contributed by atoms with van der Waals surface area (Å²) in [6.07, 6.45) is 1.12. The topological polar surface area (TPSA) is 38.3 Å². The molecule has 0 aliphatic carbocycles. The van der Waals surface area contributed by atoms with Crippen LogP contribution >= 0.6 is 0 Å². The first-order valence-electron chi connectivity index (χ1n) is 7.78. The molecule has 1 aliphatic rings. The highest BCUT2D eigenvalue weighted by atomic mass is 16.5. The SMILES string of the molecule is CC(=O)Oc1ccc([C@H]2CCNC[C@@H]2c2ccccc2)cc1. The second-order valence-corrected chi connectivity index (χ2v) is 5.78. The van der Waals surface area contributed by atoms with E-state index < -0.39 is 0 Å². The molecular formula is C19H21NO2. The van der Waals surface area contributed by atoms with Gasteiger partial charge in [0.05, 0.1) is 0 Å². The average Bonchev–Trinajstić information content (AvgIpc) is 2.56. The highest BCUT2D eigenvalue weighted by Crippen LogP contribution is 2.37. The Morgan fingerprint density at radius 2 is 1.68 bits per heavy atom. The van der Waals surface area contributed by atoms with Gasteiger partial charge in [0.1, 0.15) is 5.75 Å². The molecule has 1 fully saturated rings.